The van der Waals surface area contributed by atoms with Gasteiger partial charge in [0.15, 0.2) is 0 Å². The molecule has 2 aliphatic heterocycles. The number of anilines is 1. The van der Waals surface area contributed by atoms with Crippen molar-refractivity contribution in [2.24, 2.45) is 0 Å². The molecule has 0 amide bonds. The molecule has 4 nitrogen and oxygen atoms in total. The first-order valence-electron chi connectivity index (χ1n) is 9.75. The Labute approximate surface area is 168 Å². The molecule has 1 N–H and O–H groups in total. The Kier molecular flexibility index (Phi) is 5.11. The Hall–Kier alpha value is -2.06. The smallest absolute Gasteiger partial charge is 0.381 e. The lowest BCUT2D eigenvalue weighted by atomic mass is 9.91. The van der Waals surface area contributed by atoms with Gasteiger partial charge in [-0.3, -0.25) is 0 Å². The van der Waals surface area contributed by atoms with E-state index in [1.165, 1.54) is 6.07 Å². The molecular formula is C21H23F3N2O2S. The van der Waals surface area contributed by atoms with E-state index in [9.17, 15) is 21.6 Å². The van der Waals surface area contributed by atoms with E-state index in [-0.39, 0.29) is 21.8 Å². The Morgan fingerprint density at radius 3 is 2.34 bits per heavy atom. The summed E-state index contributed by atoms with van der Waals surface area (Å²) in [6.07, 6.45) is -2.56. The maximum absolute atomic E-state index is 13.0. The number of rotatable bonds is 3. The summed E-state index contributed by atoms with van der Waals surface area (Å²) in [6.45, 7) is 5.11. The molecule has 0 spiro atoms. The first kappa shape index (κ1) is 20.2. The van der Waals surface area contributed by atoms with E-state index in [0.717, 1.165) is 68.0 Å². The summed E-state index contributed by atoms with van der Waals surface area (Å²) in [5.41, 5.74) is 1.08. The van der Waals surface area contributed by atoms with Crippen LogP contribution in [-0.4, -0.2) is 39.0 Å². The SMILES string of the molecule is CCN1CCC2Nc3ccc(S(=O)(=O)c4ccc(C(F)(F)F)cc4)cc3[C@@H]2CC1. The molecule has 2 aromatic carbocycles. The summed E-state index contributed by atoms with van der Waals surface area (Å²) >= 11 is 0. The fourth-order valence-corrected chi connectivity index (χ4v) is 5.62. The zero-order chi connectivity index (χ0) is 20.8. The van der Waals surface area contributed by atoms with Crippen molar-refractivity contribution in [3.63, 3.8) is 0 Å². The van der Waals surface area contributed by atoms with Gasteiger partial charge in [-0.15, -0.1) is 0 Å². The second-order valence-corrected chi connectivity index (χ2v) is 9.59. The second kappa shape index (κ2) is 7.32. The average molecular weight is 424 g/mol. The van der Waals surface area contributed by atoms with Gasteiger partial charge >= 0.3 is 6.18 Å². The maximum atomic E-state index is 13.0. The van der Waals surface area contributed by atoms with Crippen LogP contribution in [0.5, 0.6) is 0 Å². The van der Waals surface area contributed by atoms with Crippen LogP contribution in [0.3, 0.4) is 0 Å². The number of nitrogens with one attached hydrogen (secondary N) is 1. The molecule has 0 aromatic heterocycles. The lowest BCUT2D eigenvalue weighted by Crippen LogP contribution is -2.25. The van der Waals surface area contributed by atoms with E-state index in [1.807, 2.05) is 0 Å². The number of hydrogen-bond acceptors (Lipinski definition) is 4. The van der Waals surface area contributed by atoms with Crippen LogP contribution in [0, 0.1) is 0 Å². The topological polar surface area (TPSA) is 49.4 Å². The minimum absolute atomic E-state index is 0.120. The predicted octanol–water partition coefficient (Wildman–Crippen LogP) is 4.53. The molecule has 1 unspecified atom stereocenters. The van der Waals surface area contributed by atoms with Crippen molar-refractivity contribution in [3.8, 4) is 0 Å². The van der Waals surface area contributed by atoms with E-state index in [0.29, 0.717) is 0 Å². The minimum atomic E-state index is -4.50. The molecule has 2 aromatic rings. The maximum Gasteiger partial charge on any atom is 0.416 e. The van der Waals surface area contributed by atoms with Gasteiger partial charge in [-0.25, -0.2) is 8.42 Å². The van der Waals surface area contributed by atoms with Gasteiger partial charge in [0, 0.05) is 24.2 Å². The molecule has 0 aliphatic carbocycles. The summed E-state index contributed by atoms with van der Waals surface area (Å²) in [4.78, 5) is 2.38. The predicted molar refractivity (Wildman–Crippen MR) is 105 cm³/mol. The quantitative estimate of drug-likeness (QED) is 0.787. The number of halogens is 3. The Balaban J connectivity index is 1.65. The van der Waals surface area contributed by atoms with E-state index < -0.39 is 21.6 Å². The van der Waals surface area contributed by atoms with Crippen LogP contribution in [-0.2, 0) is 16.0 Å². The van der Waals surface area contributed by atoms with Gasteiger partial charge in [0.05, 0.1) is 15.4 Å². The van der Waals surface area contributed by atoms with E-state index in [4.69, 9.17) is 0 Å². The number of nitrogens with zero attached hydrogens (tertiary/aromatic N) is 1. The Morgan fingerprint density at radius 1 is 1.03 bits per heavy atom. The van der Waals surface area contributed by atoms with Gasteiger partial charge in [-0.05, 0) is 74.0 Å². The van der Waals surface area contributed by atoms with E-state index >= 15 is 0 Å². The number of fused-ring (bicyclic) bond motifs is 3. The van der Waals surface area contributed by atoms with Crippen LogP contribution in [0.15, 0.2) is 52.3 Å². The molecular weight excluding hydrogens is 401 g/mol. The van der Waals surface area contributed by atoms with Crippen molar-refractivity contribution in [1.82, 2.24) is 4.90 Å². The third kappa shape index (κ3) is 3.75. The average Bonchev–Trinajstić information content (AvgIpc) is 2.91. The zero-order valence-electron chi connectivity index (χ0n) is 16.0. The largest absolute Gasteiger partial charge is 0.416 e. The summed E-state index contributed by atoms with van der Waals surface area (Å²) in [6, 6.07) is 8.95. The monoisotopic (exact) mass is 424 g/mol. The number of benzene rings is 2. The van der Waals surface area contributed by atoms with Crippen molar-refractivity contribution in [2.75, 3.05) is 25.0 Å². The minimum Gasteiger partial charge on any atom is -0.381 e. The highest BCUT2D eigenvalue weighted by molar-refractivity contribution is 7.91. The fraction of sp³-hybridized carbons (Fsp3) is 0.429. The summed E-state index contributed by atoms with van der Waals surface area (Å²) in [5, 5.41) is 3.52. The van der Waals surface area contributed by atoms with Gasteiger partial charge < -0.3 is 10.2 Å². The van der Waals surface area contributed by atoms with E-state index in [2.05, 4.69) is 17.1 Å². The van der Waals surface area contributed by atoms with Crippen molar-refractivity contribution in [2.45, 2.75) is 47.7 Å². The van der Waals surface area contributed by atoms with Gasteiger partial charge in [0.1, 0.15) is 0 Å². The van der Waals surface area contributed by atoms with Crippen LogP contribution in [0.1, 0.15) is 36.8 Å². The van der Waals surface area contributed by atoms with Crippen molar-refractivity contribution in [3.05, 3.63) is 53.6 Å². The molecule has 29 heavy (non-hydrogen) atoms. The van der Waals surface area contributed by atoms with Crippen LogP contribution in [0.4, 0.5) is 18.9 Å². The molecule has 2 atom stereocenters. The molecule has 1 fully saturated rings. The number of alkyl halides is 3. The number of likely N-dealkylation sites (tertiary alicyclic amines) is 1. The van der Waals surface area contributed by atoms with Crippen molar-refractivity contribution in [1.29, 1.82) is 0 Å². The third-order valence-corrected chi connectivity index (χ3v) is 7.78. The summed E-state index contributed by atoms with van der Waals surface area (Å²) in [5.74, 6) is 0.240. The van der Waals surface area contributed by atoms with Crippen molar-refractivity contribution >= 4 is 15.5 Å². The highest BCUT2D eigenvalue weighted by Gasteiger charge is 2.35. The highest BCUT2D eigenvalue weighted by Crippen LogP contribution is 2.42. The Bertz CT molecular complexity index is 1000. The number of hydrogen-bond donors (Lipinski definition) is 1. The normalized spacial score (nSPS) is 22.5. The number of sulfone groups is 1. The molecule has 156 valence electrons. The molecule has 1 saturated heterocycles. The Morgan fingerprint density at radius 2 is 1.69 bits per heavy atom. The molecule has 0 radical (unpaired) electrons. The lowest BCUT2D eigenvalue weighted by Gasteiger charge is -2.17. The van der Waals surface area contributed by atoms with E-state index in [1.54, 1.807) is 12.1 Å². The summed E-state index contributed by atoms with van der Waals surface area (Å²) in [7, 11) is -3.89. The molecule has 0 bridgehead atoms. The lowest BCUT2D eigenvalue weighted by molar-refractivity contribution is -0.137. The first-order chi connectivity index (χ1) is 13.7. The standard InChI is InChI=1S/C21H23F3N2O2S/c1-2-26-11-9-17-18-13-16(7-8-19(18)25-20(17)10-12-26)29(27,28)15-5-3-14(4-6-15)21(22,23)24/h3-8,13,17,20,25H,2,9-12H2,1H3/t17-,20?/m0/s1. The first-order valence-corrected chi connectivity index (χ1v) is 11.2. The molecule has 8 heteroatoms. The molecule has 2 aliphatic rings. The van der Waals surface area contributed by atoms with Crippen molar-refractivity contribution < 1.29 is 21.6 Å². The molecule has 4 rings (SSSR count). The van der Waals surface area contributed by atoms with Crippen LogP contribution in [0.25, 0.3) is 0 Å². The zero-order valence-corrected chi connectivity index (χ0v) is 16.9. The summed E-state index contributed by atoms with van der Waals surface area (Å²) < 4.78 is 64.3. The second-order valence-electron chi connectivity index (χ2n) is 7.64. The van der Waals surface area contributed by atoms with Gasteiger partial charge in [-0.1, -0.05) is 6.92 Å². The van der Waals surface area contributed by atoms with Gasteiger partial charge in [0.25, 0.3) is 0 Å². The third-order valence-electron chi connectivity index (χ3n) is 6.01. The van der Waals surface area contributed by atoms with Crippen LogP contribution in [0.2, 0.25) is 0 Å². The fourth-order valence-electron chi connectivity index (χ4n) is 4.32. The highest BCUT2D eigenvalue weighted by atomic mass is 32.2. The van der Waals surface area contributed by atoms with Crippen LogP contribution >= 0.6 is 0 Å². The molecule has 2 heterocycles. The van der Waals surface area contributed by atoms with Gasteiger partial charge in [-0.2, -0.15) is 13.2 Å². The molecule has 0 saturated carbocycles. The van der Waals surface area contributed by atoms with Gasteiger partial charge in [0.2, 0.25) is 9.84 Å². The van der Waals surface area contributed by atoms with Crippen LogP contribution < -0.4 is 5.32 Å².